The number of hydrogen-bond donors (Lipinski definition) is 1. The van der Waals surface area contributed by atoms with Crippen LogP contribution < -0.4 is 5.32 Å². The minimum absolute atomic E-state index is 0.241. The van der Waals surface area contributed by atoms with Gasteiger partial charge in [0, 0.05) is 22.0 Å². The highest BCUT2D eigenvalue weighted by Gasteiger charge is 2.23. The van der Waals surface area contributed by atoms with E-state index in [1.54, 1.807) is 23.9 Å². The van der Waals surface area contributed by atoms with Crippen LogP contribution in [0.5, 0.6) is 0 Å². The van der Waals surface area contributed by atoms with E-state index in [0.29, 0.717) is 5.92 Å². The maximum atomic E-state index is 13.2. The highest BCUT2D eigenvalue weighted by atomic mass is 35.5. The van der Waals surface area contributed by atoms with Crippen LogP contribution in [0.4, 0.5) is 4.39 Å². The Balaban J connectivity index is 1.69. The topological polar surface area (TPSA) is 29.9 Å². The van der Waals surface area contributed by atoms with Crippen LogP contribution in [0.3, 0.4) is 0 Å². The van der Waals surface area contributed by atoms with Gasteiger partial charge in [0.25, 0.3) is 0 Å². The van der Waals surface area contributed by atoms with E-state index >= 15 is 0 Å². The first-order valence-electron chi connectivity index (χ1n) is 8.69. The van der Waals surface area contributed by atoms with Crippen molar-refractivity contribution < 1.29 is 4.39 Å². The van der Waals surface area contributed by atoms with Crippen LogP contribution in [-0.4, -0.2) is 22.9 Å². The maximum Gasteiger partial charge on any atom is 0.123 e. The summed E-state index contributed by atoms with van der Waals surface area (Å²) in [6, 6.07) is 14.3. The fraction of sp³-hybridized carbons (Fsp3) is 0.250. The van der Waals surface area contributed by atoms with Crippen LogP contribution in [0.2, 0.25) is 5.02 Å². The fourth-order valence-electron chi connectivity index (χ4n) is 3.18. The number of nitrogens with one attached hydrogen (secondary N) is 1. The van der Waals surface area contributed by atoms with Crippen molar-refractivity contribution in [1.29, 1.82) is 0 Å². The summed E-state index contributed by atoms with van der Waals surface area (Å²) in [4.78, 5) is 2.27. The van der Waals surface area contributed by atoms with Crippen molar-refractivity contribution in [2.24, 2.45) is 0 Å². The van der Waals surface area contributed by atoms with E-state index in [0.717, 1.165) is 52.1 Å². The van der Waals surface area contributed by atoms with E-state index in [9.17, 15) is 4.39 Å². The van der Waals surface area contributed by atoms with Gasteiger partial charge in [0.05, 0.1) is 16.3 Å². The molecule has 0 saturated carbocycles. The summed E-state index contributed by atoms with van der Waals surface area (Å²) in [6.07, 6.45) is 4.20. The summed E-state index contributed by atoms with van der Waals surface area (Å²) >= 11 is 7.70. The Morgan fingerprint density at radius 1 is 1.04 bits per heavy atom. The third-order valence-electron chi connectivity index (χ3n) is 4.57. The first-order valence-corrected chi connectivity index (χ1v) is 9.88. The smallest absolute Gasteiger partial charge is 0.123 e. The standard InChI is InChI=1S/C20H19ClFN3S/c21-15-1-7-18(8-2-15)26-19-13-25(17-5-3-16(22)4-6-17)24-20(19)14-9-11-23-12-10-14/h1-8,13-14,23H,9-12H2. The Bertz CT molecular complexity index is 871. The molecule has 3 nitrogen and oxygen atoms in total. The largest absolute Gasteiger partial charge is 0.317 e. The van der Waals surface area contributed by atoms with Crippen LogP contribution in [0.1, 0.15) is 24.5 Å². The minimum Gasteiger partial charge on any atom is -0.317 e. The second kappa shape index (κ2) is 7.82. The number of benzene rings is 2. The number of piperidine rings is 1. The van der Waals surface area contributed by atoms with Crippen molar-refractivity contribution in [3.8, 4) is 5.69 Å². The van der Waals surface area contributed by atoms with Gasteiger partial charge >= 0.3 is 0 Å². The molecule has 0 bridgehead atoms. The molecular formula is C20H19ClFN3S. The maximum absolute atomic E-state index is 13.2. The van der Waals surface area contributed by atoms with Gasteiger partial charge < -0.3 is 5.32 Å². The highest BCUT2D eigenvalue weighted by Crippen LogP contribution is 2.37. The molecule has 26 heavy (non-hydrogen) atoms. The molecule has 0 spiro atoms. The third-order valence-corrected chi connectivity index (χ3v) is 5.86. The molecule has 1 aromatic heterocycles. The molecule has 134 valence electrons. The van der Waals surface area contributed by atoms with Crippen LogP contribution in [0.15, 0.2) is 64.5 Å². The van der Waals surface area contributed by atoms with E-state index < -0.39 is 0 Å². The molecular weight excluding hydrogens is 369 g/mol. The van der Waals surface area contributed by atoms with E-state index in [-0.39, 0.29) is 5.82 Å². The van der Waals surface area contributed by atoms with Gasteiger partial charge in [-0.15, -0.1) is 0 Å². The predicted octanol–water partition coefficient (Wildman–Crippen LogP) is 5.28. The Morgan fingerprint density at radius 3 is 2.42 bits per heavy atom. The molecule has 1 aliphatic heterocycles. The SMILES string of the molecule is Fc1ccc(-n2cc(Sc3ccc(Cl)cc3)c(C3CCNCC3)n2)cc1. The molecule has 1 fully saturated rings. The van der Waals surface area contributed by atoms with Crippen molar-refractivity contribution >= 4 is 23.4 Å². The van der Waals surface area contributed by atoms with Gasteiger partial charge in [-0.25, -0.2) is 9.07 Å². The van der Waals surface area contributed by atoms with E-state index in [4.69, 9.17) is 16.7 Å². The zero-order valence-corrected chi connectivity index (χ0v) is 15.7. The summed E-state index contributed by atoms with van der Waals surface area (Å²) < 4.78 is 15.1. The first-order chi connectivity index (χ1) is 12.7. The third kappa shape index (κ3) is 3.95. The number of aromatic nitrogens is 2. The summed E-state index contributed by atoms with van der Waals surface area (Å²) in [5.41, 5.74) is 1.99. The van der Waals surface area contributed by atoms with Crippen LogP contribution in [0.25, 0.3) is 5.69 Å². The van der Waals surface area contributed by atoms with Gasteiger partial charge in [-0.1, -0.05) is 23.4 Å². The first kappa shape index (κ1) is 17.6. The van der Waals surface area contributed by atoms with Crippen molar-refractivity contribution in [2.75, 3.05) is 13.1 Å². The van der Waals surface area contributed by atoms with Gasteiger partial charge in [-0.3, -0.25) is 0 Å². The summed E-state index contributed by atoms with van der Waals surface area (Å²) in [6.45, 7) is 2.03. The summed E-state index contributed by atoms with van der Waals surface area (Å²) in [5.74, 6) is 0.197. The Hall–Kier alpha value is -1.82. The molecule has 3 aromatic rings. The number of nitrogens with zero attached hydrogens (tertiary/aromatic N) is 2. The molecule has 0 radical (unpaired) electrons. The van der Waals surface area contributed by atoms with Gasteiger partial charge in [-0.05, 0) is 74.5 Å². The molecule has 0 aliphatic carbocycles. The molecule has 1 saturated heterocycles. The number of rotatable bonds is 4. The minimum atomic E-state index is -0.241. The van der Waals surface area contributed by atoms with Crippen molar-refractivity contribution in [1.82, 2.24) is 15.1 Å². The van der Waals surface area contributed by atoms with E-state index in [2.05, 4.69) is 5.32 Å². The van der Waals surface area contributed by atoms with Crippen LogP contribution in [-0.2, 0) is 0 Å². The zero-order valence-electron chi connectivity index (χ0n) is 14.2. The molecule has 1 aliphatic rings. The molecule has 2 heterocycles. The number of halogens is 2. The van der Waals surface area contributed by atoms with Crippen LogP contribution in [0, 0.1) is 5.82 Å². The highest BCUT2D eigenvalue weighted by molar-refractivity contribution is 7.99. The predicted molar refractivity (Wildman–Crippen MR) is 104 cm³/mol. The molecule has 0 atom stereocenters. The molecule has 0 amide bonds. The lowest BCUT2D eigenvalue weighted by Crippen LogP contribution is -2.27. The monoisotopic (exact) mass is 387 g/mol. The van der Waals surface area contributed by atoms with Crippen molar-refractivity contribution in [2.45, 2.75) is 28.6 Å². The molecule has 6 heteroatoms. The average molecular weight is 388 g/mol. The lowest BCUT2D eigenvalue weighted by molar-refractivity contribution is 0.447. The normalized spacial score (nSPS) is 15.3. The average Bonchev–Trinajstić information content (AvgIpc) is 3.09. The molecule has 4 rings (SSSR count). The Morgan fingerprint density at radius 2 is 1.73 bits per heavy atom. The van der Waals surface area contributed by atoms with Crippen molar-refractivity contribution in [3.05, 3.63) is 71.3 Å². The number of hydrogen-bond acceptors (Lipinski definition) is 3. The lowest BCUT2D eigenvalue weighted by atomic mass is 9.95. The van der Waals surface area contributed by atoms with Gasteiger partial charge in [0.1, 0.15) is 5.82 Å². The molecule has 1 N–H and O–H groups in total. The quantitative estimate of drug-likeness (QED) is 0.660. The van der Waals surface area contributed by atoms with Gasteiger partial charge in [0.2, 0.25) is 0 Å². The van der Waals surface area contributed by atoms with Crippen molar-refractivity contribution in [3.63, 3.8) is 0 Å². The second-order valence-corrected chi connectivity index (χ2v) is 7.93. The van der Waals surface area contributed by atoms with E-state index in [1.165, 1.54) is 12.1 Å². The Kier molecular flexibility index (Phi) is 5.29. The van der Waals surface area contributed by atoms with Crippen LogP contribution >= 0.6 is 23.4 Å². The molecule has 2 aromatic carbocycles. The molecule has 0 unspecified atom stereocenters. The lowest BCUT2D eigenvalue weighted by Gasteiger charge is -2.21. The summed E-state index contributed by atoms with van der Waals surface area (Å²) in [7, 11) is 0. The summed E-state index contributed by atoms with van der Waals surface area (Å²) in [5, 5.41) is 9.01. The van der Waals surface area contributed by atoms with E-state index in [1.807, 2.05) is 35.1 Å². The zero-order chi connectivity index (χ0) is 17.9. The fourth-order valence-corrected chi connectivity index (χ4v) is 4.30. The second-order valence-electron chi connectivity index (χ2n) is 6.38. The Labute approximate surface area is 161 Å². The van der Waals surface area contributed by atoms with Gasteiger partial charge in [-0.2, -0.15) is 5.10 Å². The van der Waals surface area contributed by atoms with Gasteiger partial charge in [0.15, 0.2) is 0 Å².